The molecular formula is C19H15F2NS2. The predicted molar refractivity (Wildman–Crippen MR) is 97.0 cm³/mol. The van der Waals surface area contributed by atoms with Gasteiger partial charge in [0.15, 0.2) is 11.6 Å². The van der Waals surface area contributed by atoms with Crippen molar-refractivity contribution in [3.05, 3.63) is 51.2 Å². The molecule has 1 nitrogen and oxygen atoms in total. The molecule has 5 heteroatoms. The van der Waals surface area contributed by atoms with Gasteiger partial charge in [0.05, 0.1) is 10.0 Å². The zero-order valence-electron chi connectivity index (χ0n) is 12.9. The number of hydrogen-bond donors (Lipinski definition) is 0. The molecule has 0 saturated heterocycles. The highest BCUT2D eigenvalue weighted by molar-refractivity contribution is 7.78. The first-order chi connectivity index (χ1) is 11.7. The van der Waals surface area contributed by atoms with Crippen LogP contribution in [0.15, 0.2) is 29.3 Å². The number of benzene rings is 1. The molecule has 0 N–H and O–H groups in total. The number of halogens is 2. The number of hydrogen-bond acceptors (Lipinski definition) is 3. The zero-order valence-corrected chi connectivity index (χ0v) is 14.6. The van der Waals surface area contributed by atoms with Gasteiger partial charge in [0, 0.05) is 10.4 Å². The minimum absolute atomic E-state index is 0.277. The van der Waals surface area contributed by atoms with E-state index in [1.807, 2.05) is 11.2 Å². The molecule has 0 spiro atoms. The zero-order chi connectivity index (χ0) is 16.9. The number of rotatable bonds is 3. The molecule has 0 bridgehead atoms. The Morgan fingerprint density at radius 3 is 2.50 bits per heavy atom. The Labute approximate surface area is 149 Å². The molecule has 1 aromatic carbocycles. The van der Waals surface area contributed by atoms with Crippen molar-refractivity contribution in [1.82, 2.24) is 0 Å². The second-order valence-electron chi connectivity index (χ2n) is 5.86. The summed E-state index contributed by atoms with van der Waals surface area (Å²) < 4.78 is 27.5. The quantitative estimate of drug-likeness (QED) is 0.378. The minimum Gasteiger partial charge on any atom is -0.204 e. The van der Waals surface area contributed by atoms with Gasteiger partial charge in [0.1, 0.15) is 5.69 Å². The van der Waals surface area contributed by atoms with Crippen molar-refractivity contribution in [2.45, 2.75) is 32.1 Å². The second-order valence-corrected chi connectivity index (χ2v) is 7.21. The smallest absolute Gasteiger partial charge is 0.153 e. The largest absolute Gasteiger partial charge is 0.204 e. The topological polar surface area (TPSA) is 12.4 Å². The summed E-state index contributed by atoms with van der Waals surface area (Å²) in [6.45, 7) is 0. The molecule has 1 aliphatic carbocycles. The third kappa shape index (κ3) is 4.15. The van der Waals surface area contributed by atoms with Gasteiger partial charge in [0.25, 0.3) is 0 Å². The first kappa shape index (κ1) is 17.0. The molecule has 1 aliphatic rings. The van der Waals surface area contributed by atoms with Crippen LogP contribution >= 0.6 is 23.6 Å². The third-order valence-corrected chi connectivity index (χ3v) is 5.24. The average Bonchev–Trinajstić information content (AvgIpc) is 3.21. The summed E-state index contributed by atoms with van der Waals surface area (Å²) >= 11 is 6.03. The van der Waals surface area contributed by atoms with Gasteiger partial charge in [-0.3, -0.25) is 0 Å². The van der Waals surface area contributed by atoms with E-state index in [4.69, 9.17) is 0 Å². The maximum atomic E-state index is 13.8. The fourth-order valence-corrected chi connectivity index (χ4v) is 4.04. The molecule has 1 fully saturated rings. The summed E-state index contributed by atoms with van der Waals surface area (Å²) in [5.41, 5.74) is -0.149. The molecule has 0 radical (unpaired) electrons. The predicted octanol–water partition coefficient (Wildman–Crippen LogP) is 5.89. The number of nitrogens with zero attached hydrogens (tertiary/aromatic N) is 1. The highest BCUT2D eigenvalue weighted by Crippen LogP contribution is 2.30. The van der Waals surface area contributed by atoms with Crippen LogP contribution in [0.3, 0.4) is 0 Å². The summed E-state index contributed by atoms with van der Waals surface area (Å²) in [5, 5.41) is 1.97. The van der Waals surface area contributed by atoms with Crippen LogP contribution in [0.1, 0.15) is 41.0 Å². The molecule has 1 aromatic heterocycles. The van der Waals surface area contributed by atoms with Gasteiger partial charge >= 0.3 is 0 Å². The van der Waals surface area contributed by atoms with Crippen LogP contribution in [0.2, 0.25) is 0 Å². The highest BCUT2D eigenvalue weighted by atomic mass is 32.1. The molecule has 0 unspecified atom stereocenters. The van der Waals surface area contributed by atoms with E-state index >= 15 is 0 Å². The van der Waals surface area contributed by atoms with Crippen molar-refractivity contribution >= 4 is 34.4 Å². The van der Waals surface area contributed by atoms with E-state index in [0.29, 0.717) is 0 Å². The fraction of sp³-hybridized carbons (Fsp3) is 0.316. The number of thiophene rings is 1. The van der Waals surface area contributed by atoms with Gasteiger partial charge in [-0.15, -0.1) is 11.3 Å². The molecule has 122 valence electrons. The summed E-state index contributed by atoms with van der Waals surface area (Å²) in [4.78, 5) is 5.62. The van der Waals surface area contributed by atoms with Crippen molar-refractivity contribution in [2.75, 3.05) is 0 Å². The molecular weight excluding hydrogens is 344 g/mol. The summed E-state index contributed by atoms with van der Waals surface area (Å²) in [6, 6.07) is 6.40. The summed E-state index contributed by atoms with van der Waals surface area (Å²) in [7, 11) is 0. The van der Waals surface area contributed by atoms with Gasteiger partial charge in [0.2, 0.25) is 0 Å². The molecule has 3 rings (SSSR count). The molecule has 0 atom stereocenters. The molecule has 2 aromatic rings. The second kappa shape index (κ2) is 7.81. The summed E-state index contributed by atoms with van der Waals surface area (Å²) in [5.74, 6) is 5.01. The first-order valence-corrected chi connectivity index (χ1v) is 9.06. The van der Waals surface area contributed by atoms with Crippen LogP contribution in [0, 0.1) is 29.4 Å². The van der Waals surface area contributed by atoms with Gasteiger partial charge in [-0.2, -0.15) is 4.99 Å². The van der Waals surface area contributed by atoms with Gasteiger partial charge in [-0.05, 0) is 48.8 Å². The average molecular weight is 359 g/mol. The highest BCUT2D eigenvalue weighted by Gasteiger charge is 2.16. The minimum atomic E-state index is -0.787. The molecule has 0 amide bonds. The van der Waals surface area contributed by atoms with E-state index < -0.39 is 17.3 Å². The van der Waals surface area contributed by atoms with E-state index in [9.17, 15) is 8.78 Å². The van der Waals surface area contributed by atoms with Gasteiger partial charge in [-0.1, -0.05) is 37.5 Å². The standard InChI is InChI=1S/C19H15F2NS2/c20-17-10-14(11-18(21)19(17)22-12-23)5-6-15-7-8-16(24-15)9-13-3-1-2-4-13/h7-8,10-11,13H,1-4,9H2. The van der Waals surface area contributed by atoms with Gasteiger partial charge < -0.3 is 0 Å². The Balaban J connectivity index is 1.75. The maximum Gasteiger partial charge on any atom is 0.153 e. The van der Waals surface area contributed by atoms with E-state index in [0.717, 1.165) is 29.3 Å². The van der Waals surface area contributed by atoms with Crippen LogP contribution in [0.4, 0.5) is 14.5 Å². The van der Waals surface area contributed by atoms with Crippen molar-refractivity contribution in [1.29, 1.82) is 0 Å². The lowest BCUT2D eigenvalue weighted by atomic mass is 10.0. The van der Waals surface area contributed by atoms with Crippen LogP contribution in [0.5, 0.6) is 0 Å². The molecule has 1 saturated carbocycles. The maximum absolute atomic E-state index is 13.8. The third-order valence-electron chi connectivity index (χ3n) is 4.13. The van der Waals surface area contributed by atoms with Crippen molar-refractivity contribution in [2.24, 2.45) is 10.9 Å². The van der Waals surface area contributed by atoms with Crippen molar-refractivity contribution in [3.63, 3.8) is 0 Å². The number of aliphatic imine (C=N–C) groups is 1. The Morgan fingerprint density at radius 1 is 1.12 bits per heavy atom. The van der Waals surface area contributed by atoms with Gasteiger partial charge in [-0.25, -0.2) is 8.78 Å². The van der Waals surface area contributed by atoms with Crippen LogP contribution in [0.25, 0.3) is 0 Å². The number of isothiocyanates is 1. The molecule has 24 heavy (non-hydrogen) atoms. The monoisotopic (exact) mass is 359 g/mol. The lowest BCUT2D eigenvalue weighted by Gasteiger charge is -2.05. The molecule has 1 heterocycles. The first-order valence-electron chi connectivity index (χ1n) is 7.83. The normalized spacial score (nSPS) is 14.1. The Kier molecular flexibility index (Phi) is 5.52. The van der Waals surface area contributed by atoms with E-state index in [2.05, 4.69) is 35.1 Å². The summed E-state index contributed by atoms with van der Waals surface area (Å²) in [6.07, 6.45) is 6.41. The van der Waals surface area contributed by atoms with Crippen LogP contribution < -0.4 is 0 Å². The van der Waals surface area contributed by atoms with Crippen LogP contribution in [-0.4, -0.2) is 5.16 Å². The van der Waals surface area contributed by atoms with E-state index in [1.54, 1.807) is 11.3 Å². The SMILES string of the molecule is Fc1cc(C#Cc2ccc(CC3CCCC3)s2)cc(F)c1N=C=S. The van der Waals surface area contributed by atoms with E-state index in [-0.39, 0.29) is 5.56 Å². The molecule has 0 aliphatic heterocycles. The number of thiocarbonyl (C=S) groups is 1. The Hall–Kier alpha value is -1.86. The van der Waals surface area contributed by atoms with E-state index in [1.165, 1.54) is 30.6 Å². The van der Waals surface area contributed by atoms with Crippen molar-refractivity contribution < 1.29 is 8.78 Å². The lowest BCUT2D eigenvalue weighted by molar-refractivity contribution is 0.551. The fourth-order valence-electron chi connectivity index (χ4n) is 2.98. The van der Waals surface area contributed by atoms with Crippen molar-refractivity contribution in [3.8, 4) is 11.8 Å². The van der Waals surface area contributed by atoms with Crippen LogP contribution in [-0.2, 0) is 6.42 Å². The Morgan fingerprint density at radius 2 is 1.83 bits per heavy atom. The Bertz CT molecular complexity index is 825. The lowest BCUT2D eigenvalue weighted by Crippen LogP contribution is -1.95.